The fraction of sp³-hybridized carbons (Fsp3) is 0.556. The van der Waals surface area contributed by atoms with Crippen molar-refractivity contribution in [3.8, 4) is 0 Å². The third-order valence-corrected chi connectivity index (χ3v) is 3.43. The van der Waals surface area contributed by atoms with Gasteiger partial charge in [-0.15, -0.1) is 10.2 Å². The van der Waals surface area contributed by atoms with E-state index in [-0.39, 0.29) is 5.91 Å². The van der Waals surface area contributed by atoms with Crippen LogP contribution in [0.5, 0.6) is 0 Å². The highest BCUT2D eigenvalue weighted by molar-refractivity contribution is 7.15. The van der Waals surface area contributed by atoms with Gasteiger partial charge >= 0.3 is 5.97 Å². The SMILES string of the molecule is CCc1nnc(NC(=O)C2CC2C(=O)O)s1. The average molecular weight is 241 g/mol. The van der Waals surface area contributed by atoms with E-state index in [4.69, 9.17) is 5.11 Å². The molecule has 2 N–H and O–H groups in total. The zero-order valence-corrected chi connectivity index (χ0v) is 9.45. The maximum atomic E-state index is 11.6. The predicted octanol–water partition coefficient (Wildman–Crippen LogP) is 0.760. The Hall–Kier alpha value is -1.50. The Kier molecular flexibility index (Phi) is 2.86. The Balaban J connectivity index is 1.91. The summed E-state index contributed by atoms with van der Waals surface area (Å²) in [5.41, 5.74) is 0. The first-order valence-corrected chi connectivity index (χ1v) is 5.79. The molecule has 0 aliphatic heterocycles. The molecule has 1 aliphatic rings. The van der Waals surface area contributed by atoms with Crippen molar-refractivity contribution in [2.75, 3.05) is 5.32 Å². The van der Waals surface area contributed by atoms with Gasteiger partial charge in [0.1, 0.15) is 5.01 Å². The molecule has 0 aromatic carbocycles. The van der Waals surface area contributed by atoms with Gasteiger partial charge in [0.2, 0.25) is 11.0 Å². The largest absolute Gasteiger partial charge is 0.481 e. The Morgan fingerprint density at radius 1 is 1.50 bits per heavy atom. The Morgan fingerprint density at radius 2 is 2.25 bits per heavy atom. The van der Waals surface area contributed by atoms with Crippen LogP contribution in [0, 0.1) is 11.8 Å². The summed E-state index contributed by atoms with van der Waals surface area (Å²) in [6, 6.07) is 0. The van der Waals surface area contributed by atoms with E-state index in [1.54, 1.807) is 0 Å². The molecule has 0 spiro atoms. The molecule has 1 amide bonds. The van der Waals surface area contributed by atoms with Crippen molar-refractivity contribution in [1.82, 2.24) is 10.2 Å². The molecule has 0 bridgehead atoms. The third-order valence-electron chi connectivity index (χ3n) is 2.44. The van der Waals surface area contributed by atoms with Crippen molar-refractivity contribution in [3.05, 3.63) is 5.01 Å². The number of aliphatic carboxylic acids is 1. The fourth-order valence-electron chi connectivity index (χ4n) is 1.40. The van der Waals surface area contributed by atoms with E-state index in [9.17, 15) is 9.59 Å². The molecule has 1 saturated carbocycles. The van der Waals surface area contributed by atoms with Gasteiger partial charge in [-0.25, -0.2) is 0 Å². The summed E-state index contributed by atoms with van der Waals surface area (Å²) in [5, 5.41) is 20.2. The summed E-state index contributed by atoms with van der Waals surface area (Å²) in [4.78, 5) is 22.1. The Bertz CT molecular complexity index is 431. The number of carboxylic acids is 1. The van der Waals surface area contributed by atoms with E-state index in [2.05, 4.69) is 15.5 Å². The predicted molar refractivity (Wildman–Crippen MR) is 57.1 cm³/mol. The van der Waals surface area contributed by atoms with Crippen molar-refractivity contribution >= 4 is 28.3 Å². The van der Waals surface area contributed by atoms with Crippen LogP contribution in [0.2, 0.25) is 0 Å². The number of carbonyl (C=O) groups excluding carboxylic acids is 1. The quantitative estimate of drug-likeness (QED) is 0.811. The molecule has 1 aromatic heterocycles. The fourth-order valence-corrected chi connectivity index (χ4v) is 2.09. The van der Waals surface area contributed by atoms with E-state index in [0.29, 0.717) is 11.6 Å². The minimum absolute atomic E-state index is 0.272. The molecule has 7 heteroatoms. The van der Waals surface area contributed by atoms with Crippen molar-refractivity contribution in [3.63, 3.8) is 0 Å². The van der Waals surface area contributed by atoms with Crippen LogP contribution in [0.3, 0.4) is 0 Å². The number of nitrogens with one attached hydrogen (secondary N) is 1. The molecule has 1 aliphatic carbocycles. The number of hydrogen-bond donors (Lipinski definition) is 2. The highest BCUT2D eigenvalue weighted by Gasteiger charge is 2.48. The minimum atomic E-state index is -0.910. The van der Waals surface area contributed by atoms with Gasteiger partial charge in [-0.05, 0) is 12.8 Å². The summed E-state index contributed by atoms with van der Waals surface area (Å²) < 4.78 is 0. The molecule has 16 heavy (non-hydrogen) atoms. The molecule has 0 radical (unpaired) electrons. The third kappa shape index (κ3) is 2.19. The van der Waals surface area contributed by atoms with Crippen molar-refractivity contribution in [2.45, 2.75) is 19.8 Å². The molecule has 86 valence electrons. The Morgan fingerprint density at radius 3 is 2.75 bits per heavy atom. The molecule has 6 nitrogen and oxygen atoms in total. The number of amides is 1. The van der Waals surface area contributed by atoms with Crippen LogP contribution in [-0.4, -0.2) is 27.2 Å². The number of carboxylic acid groups (broad SMARTS) is 1. The summed E-state index contributed by atoms with van der Waals surface area (Å²) in [7, 11) is 0. The van der Waals surface area contributed by atoms with E-state index in [1.807, 2.05) is 6.92 Å². The highest BCUT2D eigenvalue weighted by atomic mass is 32.1. The lowest BCUT2D eigenvalue weighted by Crippen LogP contribution is -2.16. The summed E-state index contributed by atoms with van der Waals surface area (Å²) >= 11 is 1.31. The van der Waals surface area contributed by atoms with Gasteiger partial charge in [-0.3, -0.25) is 9.59 Å². The standard InChI is InChI=1S/C9H11N3O3S/c1-2-6-11-12-9(16-6)10-7(13)4-3-5(4)8(14)15/h4-5H,2-3H2,1H3,(H,14,15)(H,10,12,13). The molecule has 0 saturated heterocycles. The zero-order chi connectivity index (χ0) is 11.7. The molecule has 2 rings (SSSR count). The second kappa shape index (κ2) is 4.17. The second-order valence-corrected chi connectivity index (χ2v) is 4.69. The van der Waals surface area contributed by atoms with E-state index >= 15 is 0 Å². The first kappa shape index (κ1) is 11.0. The van der Waals surface area contributed by atoms with Crippen LogP contribution in [0.15, 0.2) is 0 Å². The van der Waals surface area contributed by atoms with Gasteiger partial charge in [-0.2, -0.15) is 0 Å². The van der Waals surface area contributed by atoms with Crippen LogP contribution < -0.4 is 5.32 Å². The lowest BCUT2D eigenvalue weighted by atomic mass is 10.3. The number of aromatic nitrogens is 2. The van der Waals surface area contributed by atoms with E-state index in [0.717, 1.165) is 11.4 Å². The molecular formula is C9H11N3O3S. The van der Waals surface area contributed by atoms with Gasteiger partial charge in [0.15, 0.2) is 0 Å². The summed E-state index contributed by atoms with van der Waals surface area (Å²) in [6.07, 6.45) is 1.19. The number of rotatable bonds is 4. The number of hydrogen-bond acceptors (Lipinski definition) is 5. The lowest BCUT2D eigenvalue weighted by molar-refractivity contribution is -0.139. The van der Waals surface area contributed by atoms with Gasteiger partial charge in [-0.1, -0.05) is 18.3 Å². The van der Waals surface area contributed by atoms with Crippen molar-refractivity contribution < 1.29 is 14.7 Å². The lowest BCUT2D eigenvalue weighted by Gasteiger charge is -1.97. The molecule has 2 atom stereocenters. The zero-order valence-electron chi connectivity index (χ0n) is 8.64. The highest BCUT2D eigenvalue weighted by Crippen LogP contribution is 2.39. The second-order valence-electron chi connectivity index (χ2n) is 3.63. The maximum Gasteiger partial charge on any atom is 0.307 e. The van der Waals surface area contributed by atoms with Crippen LogP contribution in [-0.2, 0) is 16.0 Å². The number of anilines is 1. The first-order chi connectivity index (χ1) is 7.61. The van der Waals surface area contributed by atoms with Crippen LogP contribution in [0.25, 0.3) is 0 Å². The van der Waals surface area contributed by atoms with Crippen LogP contribution >= 0.6 is 11.3 Å². The average Bonchev–Trinajstić information content (AvgIpc) is 2.94. The number of carbonyl (C=O) groups is 2. The maximum absolute atomic E-state index is 11.6. The molecule has 1 fully saturated rings. The Labute approximate surface area is 95.7 Å². The van der Waals surface area contributed by atoms with Crippen LogP contribution in [0.1, 0.15) is 18.4 Å². The van der Waals surface area contributed by atoms with E-state index in [1.165, 1.54) is 11.3 Å². The van der Waals surface area contributed by atoms with Gasteiger partial charge in [0.05, 0.1) is 11.8 Å². The van der Waals surface area contributed by atoms with Crippen molar-refractivity contribution in [1.29, 1.82) is 0 Å². The molecule has 2 unspecified atom stereocenters. The van der Waals surface area contributed by atoms with Crippen molar-refractivity contribution in [2.24, 2.45) is 11.8 Å². The van der Waals surface area contributed by atoms with Crippen LogP contribution in [0.4, 0.5) is 5.13 Å². The minimum Gasteiger partial charge on any atom is -0.481 e. The van der Waals surface area contributed by atoms with Gasteiger partial charge in [0.25, 0.3) is 0 Å². The summed E-state index contributed by atoms with van der Waals surface area (Å²) in [5.74, 6) is -2.12. The normalized spacial score (nSPS) is 22.8. The molecule has 1 heterocycles. The smallest absolute Gasteiger partial charge is 0.307 e. The summed E-state index contributed by atoms with van der Waals surface area (Å²) in [6.45, 7) is 1.95. The molecular weight excluding hydrogens is 230 g/mol. The molecule has 1 aromatic rings. The first-order valence-electron chi connectivity index (χ1n) is 4.98. The van der Waals surface area contributed by atoms with Gasteiger partial charge in [0, 0.05) is 0 Å². The topological polar surface area (TPSA) is 92.2 Å². The number of aryl methyl sites for hydroxylation is 1. The number of nitrogens with zero attached hydrogens (tertiary/aromatic N) is 2. The van der Waals surface area contributed by atoms with Gasteiger partial charge < -0.3 is 10.4 Å². The van der Waals surface area contributed by atoms with E-state index < -0.39 is 17.8 Å². The monoisotopic (exact) mass is 241 g/mol.